The van der Waals surface area contributed by atoms with E-state index in [1.807, 2.05) is 29.7 Å². The number of aromatic nitrogens is 4. The number of Topliss-reactive ketones (excluding diaryl/α,β-unsaturated/α-hetero) is 1. The Kier molecular flexibility index (Phi) is 4.11. The Morgan fingerprint density at radius 1 is 1.09 bits per heavy atom. The van der Waals surface area contributed by atoms with Crippen LogP contribution >= 0.6 is 0 Å². The van der Waals surface area contributed by atoms with Crippen LogP contribution in [0.5, 0.6) is 0 Å². The Morgan fingerprint density at radius 2 is 1.91 bits per heavy atom. The van der Waals surface area contributed by atoms with Crippen molar-refractivity contribution in [3.8, 4) is 11.1 Å². The highest BCUT2D eigenvalue weighted by Gasteiger charge is 2.43. The summed E-state index contributed by atoms with van der Waals surface area (Å²) < 4.78 is 15.1. The highest BCUT2D eigenvalue weighted by molar-refractivity contribution is 5.99. The molecule has 0 bridgehead atoms. The van der Waals surface area contributed by atoms with Gasteiger partial charge in [0.1, 0.15) is 23.3 Å². The molecule has 4 aromatic rings. The van der Waals surface area contributed by atoms with Crippen LogP contribution in [0.3, 0.4) is 0 Å². The van der Waals surface area contributed by atoms with Crippen LogP contribution in [0.2, 0.25) is 0 Å². The molecule has 0 spiro atoms. The van der Waals surface area contributed by atoms with E-state index in [1.165, 1.54) is 0 Å². The van der Waals surface area contributed by atoms with Crippen LogP contribution in [0.25, 0.3) is 27.7 Å². The number of aryl methyl sites for hydroxylation is 1. The third-order valence-electron chi connectivity index (χ3n) is 6.26. The molecular weight excluding hydrogens is 409 g/mol. The van der Waals surface area contributed by atoms with Crippen LogP contribution in [-0.4, -0.2) is 37.2 Å². The Morgan fingerprint density at radius 3 is 2.62 bits per heavy atom. The maximum Gasteiger partial charge on any atom is 0.231 e. The first-order chi connectivity index (χ1) is 15.5. The number of fused-ring (bicyclic) bond motifs is 3. The maximum atomic E-state index is 13.2. The number of nitrogens with zero attached hydrogens (tertiary/aromatic N) is 4. The zero-order valence-corrected chi connectivity index (χ0v) is 17.4. The largest absolute Gasteiger partial charge is 0.310 e. The fourth-order valence-electron chi connectivity index (χ4n) is 4.14. The lowest BCUT2D eigenvalue weighted by molar-refractivity contribution is -0.117. The van der Waals surface area contributed by atoms with Gasteiger partial charge in [-0.1, -0.05) is 0 Å². The topological polar surface area (TPSA) is 89.2 Å². The molecule has 8 heteroatoms. The molecule has 1 N–H and O–H groups in total. The number of carbonyl (C=O) groups is 2. The predicted molar refractivity (Wildman–Crippen MR) is 117 cm³/mol. The predicted octanol–water partition coefficient (Wildman–Crippen LogP) is 4.14. The molecule has 2 aliphatic rings. The highest BCUT2D eigenvalue weighted by atomic mass is 19.1. The highest BCUT2D eigenvalue weighted by Crippen LogP contribution is 2.36. The summed E-state index contributed by atoms with van der Waals surface area (Å²) in [4.78, 5) is 37.8. The van der Waals surface area contributed by atoms with E-state index in [0.29, 0.717) is 11.5 Å². The van der Waals surface area contributed by atoms with Crippen molar-refractivity contribution in [1.82, 2.24) is 19.4 Å². The van der Waals surface area contributed by atoms with Gasteiger partial charge >= 0.3 is 0 Å². The molecule has 0 saturated heterocycles. The third-order valence-corrected chi connectivity index (χ3v) is 6.26. The normalized spacial score (nSPS) is 19.9. The van der Waals surface area contributed by atoms with Gasteiger partial charge in [0.15, 0.2) is 5.78 Å². The van der Waals surface area contributed by atoms with Crippen molar-refractivity contribution in [2.24, 2.45) is 11.8 Å². The summed E-state index contributed by atoms with van der Waals surface area (Å²) in [5.74, 6) is -0.291. The van der Waals surface area contributed by atoms with Gasteiger partial charge in [-0.3, -0.25) is 19.0 Å². The summed E-state index contributed by atoms with van der Waals surface area (Å²) in [6.07, 6.45) is 8.10. The van der Waals surface area contributed by atoms with E-state index < -0.39 is 12.1 Å². The van der Waals surface area contributed by atoms with Gasteiger partial charge in [-0.15, -0.1) is 0 Å². The van der Waals surface area contributed by atoms with E-state index in [4.69, 9.17) is 0 Å². The van der Waals surface area contributed by atoms with Crippen molar-refractivity contribution >= 4 is 34.1 Å². The summed E-state index contributed by atoms with van der Waals surface area (Å²) in [7, 11) is 0. The number of alkyl halides is 1. The van der Waals surface area contributed by atoms with Gasteiger partial charge in [0.2, 0.25) is 5.91 Å². The molecule has 1 amide bonds. The summed E-state index contributed by atoms with van der Waals surface area (Å²) >= 11 is 0. The number of imidazole rings is 1. The monoisotopic (exact) mass is 429 g/mol. The van der Waals surface area contributed by atoms with Gasteiger partial charge in [0.25, 0.3) is 0 Å². The van der Waals surface area contributed by atoms with Crippen LogP contribution in [0.1, 0.15) is 35.3 Å². The Bertz CT molecular complexity index is 1420. The van der Waals surface area contributed by atoms with E-state index in [2.05, 4.69) is 20.3 Å². The summed E-state index contributed by atoms with van der Waals surface area (Å²) in [6, 6.07) is 5.61. The second-order valence-corrected chi connectivity index (χ2v) is 8.68. The van der Waals surface area contributed by atoms with Gasteiger partial charge in [-0.25, -0.2) is 14.4 Å². The lowest BCUT2D eigenvalue weighted by Crippen LogP contribution is -2.16. The molecule has 4 heterocycles. The number of halogens is 1. The molecular formula is C24H20FN5O2. The number of anilines is 1. The van der Waals surface area contributed by atoms with E-state index in [9.17, 15) is 14.0 Å². The van der Waals surface area contributed by atoms with Crippen LogP contribution in [-0.2, 0) is 4.79 Å². The molecule has 32 heavy (non-hydrogen) atoms. The van der Waals surface area contributed by atoms with Crippen LogP contribution < -0.4 is 5.32 Å². The quantitative estimate of drug-likeness (QED) is 0.482. The molecule has 0 aromatic carbocycles. The molecule has 0 radical (unpaired) electrons. The Balaban J connectivity index is 1.41. The number of amides is 1. The molecule has 0 unspecified atom stereocenters. The van der Waals surface area contributed by atoms with Gasteiger partial charge in [-0.05, 0) is 43.9 Å². The Labute approximate surface area is 182 Å². The van der Waals surface area contributed by atoms with Gasteiger partial charge < -0.3 is 5.32 Å². The molecule has 4 aromatic heterocycles. The standard InChI is InChI=1S/C24H20FN5O2/c1-12-6-19(22(31)13-2-3-13)27-11-17(12)15-7-14-10-28-21(29-24(32)16-8-18(16)25)9-20(14)30-5-4-26-23(15)30/h4-7,9-11,13,16,18H,2-3,8H2,1H3,(H,28,29,32)/t16-,18+/m0/s1. The average molecular weight is 429 g/mol. The fourth-order valence-corrected chi connectivity index (χ4v) is 4.14. The molecule has 2 fully saturated rings. The van der Waals surface area contributed by atoms with E-state index >= 15 is 0 Å². The zero-order chi connectivity index (χ0) is 22.0. The smallest absolute Gasteiger partial charge is 0.231 e. The van der Waals surface area contributed by atoms with Gasteiger partial charge in [0.05, 0.1) is 11.4 Å². The van der Waals surface area contributed by atoms with Crippen LogP contribution in [0.15, 0.2) is 43.0 Å². The van der Waals surface area contributed by atoms with Crippen molar-refractivity contribution < 1.29 is 14.0 Å². The van der Waals surface area contributed by atoms with Crippen molar-refractivity contribution in [3.63, 3.8) is 0 Å². The molecule has 2 aliphatic carbocycles. The number of rotatable bonds is 5. The second-order valence-electron chi connectivity index (χ2n) is 8.68. The number of nitrogens with one attached hydrogen (secondary N) is 1. The number of carbonyl (C=O) groups excluding carboxylic acids is 2. The lowest BCUT2D eigenvalue weighted by Gasteiger charge is -2.12. The minimum absolute atomic E-state index is 0.119. The number of hydrogen-bond donors (Lipinski definition) is 1. The fraction of sp³-hybridized carbons (Fsp3) is 0.292. The van der Waals surface area contributed by atoms with Gasteiger partial charge in [0, 0.05) is 53.3 Å². The summed E-state index contributed by atoms with van der Waals surface area (Å²) in [6.45, 7) is 1.97. The average Bonchev–Trinajstić information content (AvgIpc) is 3.70. The molecule has 7 nitrogen and oxygen atoms in total. The summed E-state index contributed by atoms with van der Waals surface area (Å²) in [5.41, 5.74) is 4.81. The maximum absolute atomic E-state index is 13.2. The minimum Gasteiger partial charge on any atom is -0.310 e. The van der Waals surface area contributed by atoms with Gasteiger partial charge in [-0.2, -0.15) is 0 Å². The number of ketones is 1. The third kappa shape index (κ3) is 3.14. The molecule has 6 rings (SSSR count). The molecule has 2 saturated carbocycles. The zero-order valence-electron chi connectivity index (χ0n) is 17.4. The first-order valence-electron chi connectivity index (χ1n) is 10.7. The molecule has 160 valence electrons. The van der Waals surface area contributed by atoms with Crippen molar-refractivity contribution in [2.75, 3.05) is 5.32 Å². The first-order valence-corrected chi connectivity index (χ1v) is 10.7. The van der Waals surface area contributed by atoms with E-state index in [1.54, 1.807) is 24.7 Å². The number of hydrogen-bond acceptors (Lipinski definition) is 5. The first kappa shape index (κ1) is 19.0. The molecule has 0 aliphatic heterocycles. The van der Waals surface area contributed by atoms with Crippen molar-refractivity contribution in [1.29, 1.82) is 0 Å². The van der Waals surface area contributed by atoms with E-state index in [-0.39, 0.29) is 24.0 Å². The lowest BCUT2D eigenvalue weighted by atomic mass is 10.0. The Hall–Kier alpha value is -3.68. The second kappa shape index (κ2) is 6.91. The van der Waals surface area contributed by atoms with Crippen molar-refractivity contribution in [3.05, 3.63) is 54.2 Å². The molecule has 2 atom stereocenters. The minimum atomic E-state index is -1.05. The summed E-state index contributed by atoms with van der Waals surface area (Å²) in [5, 5.41) is 3.56. The van der Waals surface area contributed by atoms with Crippen molar-refractivity contribution in [2.45, 2.75) is 32.4 Å². The SMILES string of the molecule is Cc1cc(C(=O)C2CC2)ncc1-c1cc2cnc(NC(=O)[C@H]3C[C@H]3F)cc2n2ccnc12. The number of pyridine rings is 3. The van der Waals surface area contributed by atoms with E-state index in [0.717, 1.165) is 46.1 Å². The van der Waals surface area contributed by atoms with Crippen LogP contribution in [0.4, 0.5) is 10.2 Å². The van der Waals surface area contributed by atoms with Crippen LogP contribution in [0, 0.1) is 18.8 Å².